The molecule has 0 heterocycles. The zero-order valence-corrected chi connectivity index (χ0v) is 9.43. The van der Waals surface area contributed by atoms with Crippen LogP contribution in [-0.4, -0.2) is 17.2 Å². The van der Waals surface area contributed by atoms with Crippen molar-refractivity contribution < 1.29 is 44.6 Å². The normalized spacial score (nSPS) is 11.5. The van der Waals surface area contributed by atoms with Gasteiger partial charge in [-0.15, -0.1) is 0 Å². The summed E-state index contributed by atoms with van der Waals surface area (Å²) in [6.45, 7) is 0. The van der Waals surface area contributed by atoms with Crippen LogP contribution in [0.1, 0.15) is 5.56 Å². The molecule has 1 atom stereocenters. The minimum atomic E-state index is -1.43. The van der Waals surface area contributed by atoms with Gasteiger partial charge in [-0.2, -0.15) is 0 Å². The molecule has 0 spiro atoms. The van der Waals surface area contributed by atoms with E-state index in [9.17, 15) is 9.90 Å². The summed E-state index contributed by atoms with van der Waals surface area (Å²) in [6, 6.07) is 8.92. The first-order valence-electron chi connectivity index (χ1n) is 3.63. The zero-order valence-electron chi connectivity index (χ0n) is 7.43. The van der Waals surface area contributed by atoms with E-state index >= 15 is 0 Å². The van der Waals surface area contributed by atoms with Crippen molar-refractivity contribution in [2.75, 3.05) is 0 Å². The molecule has 0 bridgehead atoms. The zero-order chi connectivity index (χ0) is 8.97. The topological polar surface area (TPSA) is 60.4 Å². The van der Waals surface area contributed by atoms with Gasteiger partial charge in [-0.1, -0.05) is 30.3 Å². The second kappa shape index (κ2) is 6.16. The summed E-state index contributed by atoms with van der Waals surface area (Å²) < 4.78 is 0. The summed E-state index contributed by atoms with van der Waals surface area (Å²) in [5.41, 5.74) is 0.786. The van der Waals surface area contributed by atoms with E-state index in [1.54, 1.807) is 24.3 Å². The fourth-order valence-corrected chi connectivity index (χ4v) is 0.921. The average Bonchev–Trinajstić information content (AvgIpc) is 2.06. The number of aliphatic carboxylic acids is 1. The molecule has 0 amide bonds. The van der Waals surface area contributed by atoms with Crippen LogP contribution in [0.3, 0.4) is 0 Å². The SMILES string of the molecule is O=C([O-])C(O)Cc1ccccc1.[Na+]. The Hall–Kier alpha value is -0.350. The van der Waals surface area contributed by atoms with Crippen molar-refractivity contribution in [3.8, 4) is 0 Å². The molecule has 1 aromatic rings. The monoisotopic (exact) mass is 188 g/mol. The van der Waals surface area contributed by atoms with E-state index in [2.05, 4.69) is 0 Å². The third-order valence-corrected chi connectivity index (χ3v) is 1.54. The van der Waals surface area contributed by atoms with Gasteiger partial charge in [-0.25, -0.2) is 0 Å². The Morgan fingerprint density at radius 3 is 2.38 bits per heavy atom. The quantitative estimate of drug-likeness (QED) is 0.497. The van der Waals surface area contributed by atoms with Crippen molar-refractivity contribution in [2.24, 2.45) is 0 Å². The molecule has 3 nitrogen and oxygen atoms in total. The maximum atomic E-state index is 10.1. The number of aliphatic hydroxyl groups excluding tert-OH is 1. The summed E-state index contributed by atoms with van der Waals surface area (Å²) in [4.78, 5) is 10.1. The van der Waals surface area contributed by atoms with Crippen LogP contribution < -0.4 is 34.7 Å². The Balaban J connectivity index is 0.00000144. The molecule has 0 aromatic heterocycles. The second-order valence-electron chi connectivity index (χ2n) is 2.52. The van der Waals surface area contributed by atoms with Gasteiger partial charge in [0.2, 0.25) is 0 Å². The van der Waals surface area contributed by atoms with Crippen molar-refractivity contribution in [2.45, 2.75) is 12.5 Å². The first-order valence-corrected chi connectivity index (χ1v) is 3.63. The molecule has 0 saturated carbocycles. The van der Waals surface area contributed by atoms with Gasteiger partial charge in [0, 0.05) is 6.42 Å². The first-order chi connectivity index (χ1) is 5.70. The number of carbonyl (C=O) groups is 1. The predicted molar refractivity (Wildman–Crippen MR) is 41.2 cm³/mol. The van der Waals surface area contributed by atoms with E-state index in [4.69, 9.17) is 5.11 Å². The molecule has 1 rings (SSSR count). The number of benzene rings is 1. The molecule has 1 unspecified atom stereocenters. The van der Waals surface area contributed by atoms with Gasteiger partial charge in [0.05, 0.1) is 12.1 Å². The van der Waals surface area contributed by atoms with Crippen molar-refractivity contribution >= 4 is 5.97 Å². The van der Waals surface area contributed by atoms with Crippen LogP contribution in [0.5, 0.6) is 0 Å². The minimum Gasteiger partial charge on any atom is -0.547 e. The summed E-state index contributed by atoms with van der Waals surface area (Å²) in [5.74, 6) is -1.43. The van der Waals surface area contributed by atoms with Crippen LogP contribution in [0.25, 0.3) is 0 Å². The summed E-state index contributed by atoms with van der Waals surface area (Å²) in [5, 5.41) is 19.1. The number of hydrogen-bond donors (Lipinski definition) is 1. The van der Waals surface area contributed by atoms with Crippen LogP contribution in [0.2, 0.25) is 0 Å². The molecular weight excluding hydrogens is 179 g/mol. The van der Waals surface area contributed by atoms with Crippen LogP contribution >= 0.6 is 0 Å². The van der Waals surface area contributed by atoms with Gasteiger partial charge in [0.1, 0.15) is 0 Å². The molecule has 4 heteroatoms. The van der Waals surface area contributed by atoms with Crippen molar-refractivity contribution in [1.82, 2.24) is 0 Å². The Bertz CT molecular complexity index is 261. The number of aliphatic hydroxyl groups is 1. The van der Waals surface area contributed by atoms with Crippen LogP contribution in [-0.2, 0) is 11.2 Å². The van der Waals surface area contributed by atoms with E-state index in [1.807, 2.05) is 6.07 Å². The smallest absolute Gasteiger partial charge is 0.547 e. The number of carboxylic acids is 1. The van der Waals surface area contributed by atoms with Gasteiger partial charge in [-0.05, 0) is 5.56 Å². The Kier molecular flexibility index (Phi) is 5.99. The minimum absolute atomic E-state index is 0. The van der Waals surface area contributed by atoms with Gasteiger partial charge in [0.25, 0.3) is 0 Å². The number of carbonyl (C=O) groups excluding carboxylic acids is 1. The molecule has 0 aliphatic heterocycles. The molecule has 1 N–H and O–H groups in total. The summed E-state index contributed by atoms with van der Waals surface area (Å²) in [6.07, 6.45) is -1.31. The Morgan fingerprint density at radius 2 is 1.92 bits per heavy atom. The van der Waals surface area contributed by atoms with Crippen molar-refractivity contribution in [3.05, 3.63) is 35.9 Å². The fraction of sp³-hybridized carbons (Fsp3) is 0.222. The van der Waals surface area contributed by atoms with E-state index in [-0.39, 0.29) is 36.0 Å². The van der Waals surface area contributed by atoms with Crippen molar-refractivity contribution in [3.63, 3.8) is 0 Å². The molecule has 13 heavy (non-hydrogen) atoms. The Labute approximate surface area is 98.7 Å². The number of carboxylic acid groups (broad SMARTS) is 1. The molecule has 0 aliphatic carbocycles. The van der Waals surface area contributed by atoms with E-state index in [0.717, 1.165) is 5.56 Å². The average molecular weight is 188 g/mol. The van der Waals surface area contributed by atoms with E-state index < -0.39 is 12.1 Å². The molecule has 1 aromatic carbocycles. The fourth-order valence-electron chi connectivity index (χ4n) is 0.921. The summed E-state index contributed by atoms with van der Waals surface area (Å²) >= 11 is 0. The maximum Gasteiger partial charge on any atom is 1.00 e. The second-order valence-corrected chi connectivity index (χ2v) is 2.52. The Morgan fingerprint density at radius 1 is 1.38 bits per heavy atom. The third-order valence-electron chi connectivity index (χ3n) is 1.54. The third kappa shape index (κ3) is 4.43. The maximum absolute atomic E-state index is 10.1. The largest absolute Gasteiger partial charge is 1.00 e. The van der Waals surface area contributed by atoms with E-state index in [1.165, 1.54) is 0 Å². The van der Waals surface area contributed by atoms with Gasteiger partial charge < -0.3 is 15.0 Å². The van der Waals surface area contributed by atoms with Gasteiger partial charge in [-0.3, -0.25) is 0 Å². The van der Waals surface area contributed by atoms with Crippen molar-refractivity contribution in [1.29, 1.82) is 0 Å². The molecule has 0 saturated heterocycles. The molecular formula is C9H9NaO3. The van der Waals surface area contributed by atoms with Crippen LogP contribution in [0, 0.1) is 0 Å². The number of hydrogen-bond acceptors (Lipinski definition) is 3. The molecule has 0 radical (unpaired) electrons. The first kappa shape index (κ1) is 12.7. The van der Waals surface area contributed by atoms with Gasteiger partial charge in [0.15, 0.2) is 0 Å². The van der Waals surface area contributed by atoms with Crippen LogP contribution in [0.4, 0.5) is 0 Å². The standard InChI is InChI=1S/C9H10O3.Na/c10-8(9(11)12)6-7-4-2-1-3-5-7;/h1-5,8,10H,6H2,(H,11,12);/q;+1/p-1. The molecule has 0 fully saturated rings. The summed E-state index contributed by atoms with van der Waals surface area (Å²) in [7, 11) is 0. The molecule has 64 valence electrons. The predicted octanol–water partition coefficient (Wildman–Crippen LogP) is -3.66. The van der Waals surface area contributed by atoms with E-state index in [0.29, 0.717) is 0 Å². The van der Waals surface area contributed by atoms with Gasteiger partial charge >= 0.3 is 29.6 Å². The van der Waals surface area contributed by atoms with Crippen LogP contribution in [0.15, 0.2) is 30.3 Å². The molecule has 0 aliphatic rings. The number of rotatable bonds is 3.